The maximum absolute atomic E-state index is 5.24. The third-order valence-electron chi connectivity index (χ3n) is 2.81. The number of hydrogen-bond acceptors (Lipinski definition) is 4. The minimum absolute atomic E-state index is 0.628. The smallest absolute Gasteiger partial charge is 0.195 e. The van der Waals surface area contributed by atoms with Crippen molar-refractivity contribution in [2.75, 3.05) is 0 Å². The van der Waals surface area contributed by atoms with Crippen molar-refractivity contribution in [1.29, 1.82) is 0 Å². The van der Waals surface area contributed by atoms with Crippen LogP contribution in [0.3, 0.4) is 0 Å². The van der Waals surface area contributed by atoms with Crippen LogP contribution >= 0.6 is 23.6 Å². The van der Waals surface area contributed by atoms with Gasteiger partial charge < -0.3 is 4.57 Å². The van der Waals surface area contributed by atoms with Gasteiger partial charge in [-0.1, -0.05) is 0 Å². The molecule has 0 aliphatic heterocycles. The molecule has 0 aromatic carbocycles. The molecule has 1 aliphatic carbocycles. The van der Waals surface area contributed by atoms with Gasteiger partial charge in [-0.25, -0.2) is 4.98 Å². The van der Waals surface area contributed by atoms with Crippen molar-refractivity contribution < 1.29 is 0 Å². The standard InChI is InChI=1S/C10H12N4S2/c15-10-13-12-9(7-1-2-7)14(10)4-3-8-5-16-6-11-8/h5-7H,1-4H2,(H,13,15). The zero-order valence-corrected chi connectivity index (χ0v) is 10.4. The molecular formula is C10H12N4S2. The lowest BCUT2D eigenvalue weighted by atomic mass is 10.3. The maximum Gasteiger partial charge on any atom is 0.195 e. The maximum atomic E-state index is 5.24. The first-order valence-electron chi connectivity index (χ1n) is 5.37. The van der Waals surface area contributed by atoms with E-state index in [2.05, 4.69) is 25.1 Å². The van der Waals surface area contributed by atoms with Crippen LogP contribution in [-0.4, -0.2) is 19.7 Å². The molecule has 1 fully saturated rings. The van der Waals surface area contributed by atoms with Crippen LogP contribution in [0.2, 0.25) is 0 Å². The summed E-state index contributed by atoms with van der Waals surface area (Å²) in [6, 6.07) is 0. The van der Waals surface area contributed by atoms with Crippen molar-refractivity contribution in [1.82, 2.24) is 19.7 Å². The van der Waals surface area contributed by atoms with Crippen molar-refractivity contribution in [2.45, 2.75) is 31.7 Å². The Morgan fingerprint density at radius 3 is 3.12 bits per heavy atom. The molecular weight excluding hydrogens is 240 g/mol. The predicted molar refractivity (Wildman–Crippen MR) is 65.2 cm³/mol. The second-order valence-electron chi connectivity index (χ2n) is 4.04. The van der Waals surface area contributed by atoms with Crippen molar-refractivity contribution in [3.8, 4) is 0 Å². The van der Waals surface area contributed by atoms with Gasteiger partial charge in [0.25, 0.3) is 0 Å². The molecule has 0 radical (unpaired) electrons. The molecule has 6 heteroatoms. The van der Waals surface area contributed by atoms with Crippen LogP contribution in [0.15, 0.2) is 10.9 Å². The Morgan fingerprint density at radius 2 is 2.44 bits per heavy atom. The Hall–Kier alpha value is -1.01. The van der Waals surface area contributed by atoms with E-state index in [9.17, 15) is 0 Å². The summed E-state index contributed by atoms with van der Waals surface area (Å²) < 4.78 is 2.85. The van der Waals surface area contributed by atoms with Gasteiger partial charge in [0.2, 0.25) is 0 Å². The minimum Gasteiger partial charge on any atom is -0.304 e. The molecule has 0 spiro atoms. The predicted octanol–water partition coefficient (Wildman–Crippen LogP) is 2.52. The molecule has 1 aliphatic rings. The summed E-state index contributed by atoms with van der Waals surface area (Å²) in [7, 11) is 0. The van der Waals surface area contributed by atoms with Crippen LogP contribution in [0.1, 0.15) is 30.3 Å². The topological polar surface area (TPSA) is 46.5 Å². The quantitative estimate of drug-likeness (QED) is 0.851. The van der Waals surface area contributed by atoms with Crippen LogP contribution in [-0.2, 0) is 13.0 Å². The summed E-state index contributed by atoms with van der Waals surface area (Å²) in [6.07, 6.45) is 3.42. The third kappa shape index (κ3) is 1.94. The summed E-state index contributed by atoms with van der Waals surface area (Å²) in [4.78, 5) is 4.28. The van der Waals surface area contributed by atoms with E-state index in [4.69, 9.17) is 12.2 Å². The van der Waals surface area contributed by atoms with Crippen LogP contribution in [0.4, 0.5) is 0 Å². The minimum atomic E-state index is 0.628. The SMILES string of the molecule is S=c1[nH]nc(C2CC2)n1CCc1cscn1. The van der Waals surface area contributed by atoms with Gasteiger partial charge >= 0.3 is 0 Å². The number of aryl methyl sites for hydroxylation is 1. The summed E-state index contributed by atoms with van der Waals surface area (Å²) in [6.45, 7) is 0.880. The number of rotatable bonds is 4. The van der Waals surface area contributed by atoms with Crippen LogP contribution in [0, 0.1) is 4.77 Å². The highest BCUT2D eigenvalue weighted by atomic mass is 32.1. The first kappa shape index (κ1) is 10.2. The van der Waals surface area contributed by atoms with Crippen LogP contribution in [0.5, 0.6) is 0 Å². The Balaban J connectivity index is 1.78. The van der Waals surface area contributed by atoms with E-state index in [1.54, 1.807) is 11.3 Å². The van der Waals surface area contributed by atoms with Gasteiger partial charge in [-0.05, 0) is 25.1 Å². The number of nitrogens with one attached hydrogen (secondary N) is 1. The number of aromatic amines is 1. The highest BCUT2D eigenvalue weighted by Crippen LogP contribution is 2.38. The Kier molecular flexibility index (Phi) is 2.61. The Bertz CT molecular complexity index is 521. The van der Waals surface area contributed by atoms with Crippen LogP contribution in [0.25, 0.3) is 0 Å². The number of H-pyrrole nitrogens is 1. The molecule has 0 unspecified atom stereocenters. The molecule has 16 heavy (non-hydrogen) atoms. The van der Waals surface area contributed by atoms with Gasteiger partial charge in [0.1, 0.15) is 5.82 Å². The van der Waals surface area contributed by atoms with Crippen molar-refractivity contribution in [3.63, 3.8) is 0 Å². The highest BCUT2D eigenvalue weighted by Gasteiger charge is 2.28. The average Bonchev–Trinajstić information content (AvgIpc) is 2.87. The van der Waals surface area contributed by atoms with Crippen molar-refractivity contribution in [3.05, 3.63) is 27.2 Å². The fraction of sp³-hybridized carbons (Fsp3) is 0.500. The number of nitrogens with zero attached hydrogens (tertiary/aromatic N) is 3. The molecule has 0 saturated heterocycles. The molecule has 3 rings (SSSR count). The lowest BCUT2D eigenvalue weighted by Crippen LogP contribution is -2.05. The van der Waals surface area contributed by atoms with E-state index in [-0.39, 0.29) is 0 Å². The zero-order valence-electron chi connectivity index (χ0n) is 8.72. The molecule has 0 atom stereocenters. The molecule has 84 valence electrons. The first-order valence-corrected chi connectivity index (χ1v) is 6.72. The summed E-state index contributed by atoms with van der Waals surface area (Å²) in [5.41, 5.74) is 3.00. The Labute approximate surface area is 102 Å². The van der Waals surface area contributed by atoms with E-state index in [0.717, 1.165) is 29.3 Å². The molecule has 0 amide bonds. The average molecular weight is 252 g/mol. The van der Waals surface area contributed by atoms with E-state index in [0.29, 0.717) is 5.92 Å². The van der Waals surface area contributed by atoms with E-state index < -0.39 is 0 Å². The molecule has 2 heterocycles. The summed E-state index contributed by atoms with van der Waals surface area (Å²) >= 11 is 6.88. The molecule has 4 nitrogen and oxygen atoms in total. The first-order chi connectivity index (χ1) is 7.84. The van der Waals surface area contributed by atoms with E-state index in [1.807, 2.05) is 5.51 Å². The number of aromatic nitrogens is 4. The molecule has 2 aromatic rings. The van der Waals surface area contributed by atoms with Crippen molar-refractivity contribution in [2.24, 2.45) is 0 Å². The third-order valence-corrected chi connectivity index (χ3v) is 3.75. The Morgan fingerprint density at radius 1 is 1.56 bits per heavy atom. The summed E-state index contributed by atoms with van der Waals surface area (Å²) in [5, 5.41) is 9.28. The zero-order chi connectivity index (χ0) is 11.0. The number of thiazole rings is 1. The van der Waals surface area contributed by atoms with Gasteiger partial charge in [0, 0.05) is 24.3 Å². The fourth-order valence-electron chi connectivity index (χ4n) is 1.79. The molecule has 1 N–H and O–H groups in total. The molecule has 2 aromatic heterocycles. The number of hydrogen-bond donors (Lipinski definition) is 1. The fourth-order valence-corrected chi connectivity index (χ4v) is 2.61. The molecule has 0 bridgehead atoms. The van der Waals surface area contributed by atoms with Gasteiger partial charge in [-0.15, -0.1) is 11.3 Å². The normalized spacial score (nSPS) is 15.5. The second kappa shape index (κ2) is 4.10. The van der Waals surface area contributed by atoms with Gasteiger partial charge in [-0.3, -0.25) is 5.10 Å². The largest absolute Gasteiger partial charge is 0.304 e. The van der Waals surface area contributed by atoms with Crippen LogP contribution < -0.4 is 0 Å². The monoisotopic (exact) mass is 252 g/mol. The van der Waals surface area contributed by atoms with Gasteiger partial charge in [0.15, 0.2) is 4.77 Å². The van der Waals surface area contributed by atoms with Gasteiger partial charge in [0.05, 0.1) is 11.2 Å². The van der Waals surface area contributed by atoms with E-state index in [1.165, 1.54) is 12.8 Å². The van der Waals surface area contributed by atoms with Gasteiger partial charge in [-0.2, -0.15) is 5.10 Å². The lowest BCUT2D eigenvalue weighted by Gasteiger charge is -2.03. The second-order valence-corrected chi connectivity index (χ2v) is 5.15. The lowest BCUT2D eigenvalue weighted by molar-refractivity contribution is 0.640. The molecule has 1 saturated carbocycles. The van der Waals surface area contributed by atoms with E-state index >= 15 is 0 Å². The highest BCUT2D eigenvalue weighted by molar-refractivity contribution is 7.71. The van der Waals surface area contributed by atoms with Crippen molar-refractivity contribution >= 4 is 23.6 Å². The summed E-state index contributed by atoms with van der Waals surface area (Å²) in [5.74, 6) is 1.75.